The van der Waals surface area contributed by atoms with Crippen LogP contribution in [-0.4, -0.2) is 41.2 Å². The molecule has 1 aliphatic carbocycles. The maximum atomic E-state index is 13.0. The third kappa shape index (κ3) is 4.79. The molecule has 170 valence electrons. The predicted octanol–water partition coefficient (Wildman–Crippen LogP) is 4.18. The smallest absolute Gasteiger partial charge is 0.319 e. The van der Waals surface area contributed by atoms with E-state index >= 15 is 0 Å². The van der Waals surface area contributed by atoms with Crippen molar-refractivity contribution < 1.29 is 19.2 Å². The molecular weight excluding hydrogens is 420 g/mol. The highest BCUT2D eigenvalue weighted by Gasteiger charge is 2.40. The second kappa shape index (κ2) is 9.68. The van der Waals surface area contributed by atoms with Gasteiger partial charge < -0.3 is 16.0 Å². The number of carbonyl (C=O) groups excluding carboxylic acids is 4. The van der Waals surface area contributed by atoms with Crippen molar-refractivity contribution >= 4 is 35.1 Å². The van der Waals surface area contributed by atoms with Gasteiger partial charge in [0.1, 0.15) is 0 Å². The van der Waals surface area contributed by atoms with Gasteiger partial charge in [0, 0.05) is 29.5 Å². The summed E-state index contributed by atoms with van der Waals surface area (Å²) in [6.07, 6.45) is 6.40. The highest BCUT2D eigenvalue weighted by atomic mass is 16.2. The lowest BCUT2D eigenvalue weighted by molar-refractivity contribution is 0.0548. The van der Waals surface area contributed by atoms with Crippen molar-refractivity contribution in [3.05, 3.63) is 71.8 Å². The Balaban J connectivity index is 1.43. The summed E-state index contributed by atoms with van der Waals surface area (Å²) >= 11 is 0. The number of anilines is 2. The minimum absolute atomic E-state index is 0.0607. The molecule has 1 fully saturated rings. The quantitative estimate of drug-likeness (QED) is 0.457. The minimum atomic E-state index is -0.390. The molecule has 2 aromatic carbocycles. The molecule has 4 rings (SSSR count). The first-order valence-corrected chi connectivity index (χ1v) is 11.1. The SMILES string of the molecule is C=CCNC(=O)Nc1ccc(NC(=O)c2ccc3c(c2)C(=O)N(C2CCCCC2)C3=O)cc1. The van der Waals surface area contributed by atoms with Crippen molar-refractivity contribution in [1.82, 2.24) is 10.2 Å². The molecule has 0 bridgehead atoms. The molecule has 8 nitrogen and oxygen atoms in total. The molecule has 8 heteroatoms. The average molecular weight is 447 g/mol. The normalized spacial score (nSPS) is 15.7. The molecule has 3 N–H and O–H groups in total. The number of rotatable bonds is 6. The van der Waals surface area contributed by atoms with Crippen molar-refractivity contribution in [2.24, 2.45) is 0 Å². The van der Waals surface area contributed by atoms with Crippen molar-refractivity contribution in [2.45, 2.75) is 38.1 Å². The Morgan fingerprint density at radius 1 is 0.909 bits per heavy atom. The first-order valence-electron chi connectivity index (χ1n) is 11.1. The topological polar surface area (TPSA) is 108 Å². The zero-order chi connectivity index (χ0) is 23.4. The van der Waals surface area contributed by atoms with Crippen LogP contribution in [0, 0.1) is 0 Å². The van der Waals surface area contributed by atoms with Gasteiger partial charge >= 0.3 is 6.03 Å². The number of nitrogens with zero attached hydrogens (tertiary/aromatic N) is 1. The van der Waals surface area contributed by atoms with Crippen LogP contribution in [0.2, 0.25) is 0 Å². The van der Waals surface area contributed by atoms with Crippen molar-refractivity contribution in [2.75, 3.05) is 17.2 Å². The number of fused-ring (bicyclic) bond motifs is 1. The maximum absolute atomic E-state index is 13.0. The minimum Gasteiger partial charge on any atom is -0.334 e. The van der Waals surface area contributed by atoms with Crippen LogP contribution >= 0.6 is 0 Å². The third-order valence-corrected chi connectivity index (χ3v) is 5.93. The first-order chi connectivity index (χ1) is 16.0. The number of benzene rings is 2. The lowest BCUT2D eigenvalue weighted by atomic mass is 9.94. The second-order valence-corrected chi connectivity index (χ2v) is 8.19. The van der Waals surface area contributed by atoms with Gasteiger partial charge in [0.15, 0.2) is 0 Å². The van der Waals surface area contributed by atoms with Gasteiger partial charge in [-0.05, 0) is 55.3 Å². The molecule has 1 heterocycles. The summed E-state index contributed by atoms with van der Waals surface area (Å²) in [5.74, 6) is -0.977. The summed E-state index contributed by atoms with van der Waals surface area (Å²) in [5.41, 5.74) is 2.03. The van der Waals surface area contributed by atoms with E-state index in [4.69, 9.17) is 0 Å². The van der Waals surface area contributed by atoms with Crippen molar-refractivity contribution in [3.8, 4) is 0 Å². The molecule has 0 radical (unpaired) electrons. The molecule has 1 aliphatic heterocycles. The molecule has 0 unspecified atom stereocenters. The van der Waals surface area contributed by atoms with Crippen molar-refractivity contribution in [3.63, 3.8) is 0 Å². The van der Waals surface area contributed by atoms with Crippen LogP contribution in [0.5, 0.6) is 0 Å². The standard InChI is InChI=1S/C25H26N4O4/c1-2-14-26-25(33)28-18-11-9-17(10-12-18)27-22(30)16-8-13-20-21(15-16)24(32)29(23(20)31)19-6-4-3-5-7-19/h2,8-13,15,19H,1,3-7,14H2,(H,27,30)(H2,26,28,33). The first kappa shape index (κ1) is 22.3. The number of nitrogens with one attached hydrogen (secondary N) is 3. The van der Waals surface area contributed by atoms with E-state index in [0.717, 1.165) is 32.1 Å². The molecule has 0 spiro atoms. The molecule has 2 aromatic rings. The molecule has 0 saturated heterocycles. The van der Waals surface area contributed by atoms with Gasteiger partial charge in [-0.2, -0.15) is 0 Å². The van der Waals surface area contributed by atoms with Crippen LogP contribution in [-0.2, 0) is 0 Å². The molecule has 1 saturated carbocycles. The number of imide groups is 1. The Labute approximate surface area is 192 Å². The van der Waals surface area contributed by atoms with Gasteiger partial charge in [0.05, 0.1) is 11.1 Å². The molecule has 0 atom stereocenters. The molecular formula is C25H26N4O4. The van der Waals surface area contributed by atoms with E-state index in [2.05, 4.69) is 22.5 Å². The number of hydrogen-bond acceptors (Lipinski definition) is 4. The van der Waals surface area contributed by atoms with Crippen LogP contribution in [0.3, 0.4) is 0 Å². The van der Waals surface area contributed by atoms with Gasteiger partial charge in [0.25, 0.3) is 17.7 Å². The maximum Gasteiger partial charge on any atom is 0.319 e. The average Bonchev–Trinajstić information content (AvgIpc) is 3.08. The van der Waals surface area contributed by atoms with Crippen LogP contribution in [0.15, 0.2) is 55.1 Å². The van der Waals surface area contributed by atoms with E-state index in [0.29, 0.717) is 29.0 Å². The van der Waals surface area contributed by atoms with E-state index in [9.17, 15) is 19.2 Å². The fourth-order valence-corrected chi connectivity index (χ4v) is 4.25. The number of hydrogen-bond donors (Lipinski definition) is 3. The lowest BCUT2D eigenvalue weighted by Crippen LogP contribution is -2.40. The number of urea groups is 1. The largest absolute Gasteiger partial charge is 0.334 e. The zero-order valence-corrected chi connectivity index (χ0v) is 18.2. The van der Waals surface area contributed by atoms with E-state index in [1.807, 2.05) is 0 Å². The van der Waals surface area contributed by atoms with Gasteiger partial charge in [-0.25, -0.2) is 4.79 Å². The Kier molecular flexibility index (Phi) is 6.53. The van der Waals surface area contributed by atoms with Crippen molar-refractivity contribution in [1.29, 1.82) is 0 Å². The Morgan fingerprint density at radius 2 is 1.55 bits per heavy atom. The highest BCUT2D eigenvalue weighted by Crippen LogP contribution is 2.31. The second-order valence-electron chi connectivity index (χ2n) is 8.19. The van der Waals surface area contributed by atoms with Gasteiger partial charge in [-0.3, -0.25) is 19.3 Å². The summed E-state index contributed by atoms with van der Waals surface area (Å²) in [4.78, 5) is 51.6. The van der Waals surface area contributed by atoms with Crippen LogP contribution < -0.4 is 16.0 Å². The predicted molar refractivity (Wildman–Crippen MR) is 125 cm³/mol. The highest BCUT2D eigenvalue weighted by molar-refractivity contribution is 6.22. The van der Waals surface area contributed by atoms with E-state index in [1.165, 1.54) is 11.0 Å². The van der Waals surface area contributed by atoms with Gasteiger partial charge in [0.2, 0.25) is 0 Å². The molecule has 33 heavy (non-hydrogen) atoms. The van der Waals surface area contributed by atoms with E-state index in [-0.39, 0.29) is 29.5 Å². The number of amides is 5. The molecule has 2 aliphatic rings. The fourth-order valence-electron chi connectivity index (χ4n) is 4.25. The zero-order valence-electron chi connectivity index (χ0n) is 18.2. The fraction of sp³-hybridized carbons (Fsp3) is 0.280. The summed E-state index contributed by atoms with van der Waals surface area (Å²) < 4.78 is 0. The van der Waals surface area contributed by atoms with E-state index in [1.54, 1.807) is 42.5 Å². The number of carbonyl (C=O) groups is 4. The van der Waals surface area contributed by atoms with Crippen LogP contribution in [0.1, 0.15) is 63.2 Å². The Morgan fingerprint density at radius 3 is 2.21 bits per heavy atom. The van der Waals surface area contributed by atoms with Gasteiger partial charge in [-0.1, -0.05) is 25.3 Å². The van der Waals surface area contributed by atoms with Crippen LogP contribution in [0.25, 0.3) is 0 Å². The molecule has 5 amide bonds. The van der Waals surface area contributed by atoms with E-state index < -0.39 is 5.91 Å². The summed E-state index contributed by atoms with van der Waals surface area (Å²) in [6.45, 7) is 3.89. The van der Waals surface area contributed by atoms with Gasteiger partial charge in [-0.15, -0.1) is 6.58 Å². The third-order valence-electron chi connectivity index (χ3n) is 5.93. The lowest BCUT2D eigenvalue weighted by Gasteiger charge is -2.29. The Hall–Kier alpha value is -3.94. The summed E-state index contributed by atoms with van der Waals surface area (Å²) in [7, 11) is 0. The summed E-state index contributed by atoms with van der Waals surface area (Å²) in [5, 5.41) is 8.05. The molecule has 0 aromatic heterocycles. The monoisotopic (exact) mass is 446 g/mol. The summed E-state index contributed by atoms with van der Waals surface area (Å²) in [6, 6.07) is 10.8. The Bertz CT molecular complexity index is 1100. The van der Waals surface area contributed by atoms with Crippen LogP contribution in [0.4, 0.5) is 16.2 Å².